The molecule has 0 bridgehead atoms. The summed E-state index contributed by atoms with van der Waals surface area (Å²) >= 11 is 0.957. The van der Waals surface area contributed by atoms with E-state index in [1.165, 1.54) is 14.2 Å². The van der Waals surface area contributed by atoms with Gasteiger partial charge in [-0.25, -0.2) is 0 Å². The summed E-state index contributed by atoms with van der Waals surface area (Å²) in [6.45, 7) is 0.563. The number of thioether (sulfide) groups is 1. The number of esters is 1. The average Bonchev–Trinajstić information content (AvgIpc) is 2.76. The first-order chi connectivity index (χ1) is 14.1. The second kappa shape index (κ2) is 11.8. The van der Waals surface area contributed by atoms with Crippen molar-refractivity contribution in [3.05, 3.63) is 48.0 Å². The van der Waals surface area contributed by atoms with E-state index in [4.69, 9.17) is 29.9 Å². The van der Waals surface area contributed by atoms with Crippen molar-refractivity contribution in [2.24, 2.45) is 5.73 Å². The highest BCUT2D eigenvalue weighted by Crippen LogP contribution is 2.40. The molecule has 0 saturated heterocycles. The van der Waals surface area contributed by atoms with Gasteiger partial charge in [0.1, 0.15) is 40.2 Å². The summed E-state index contributed by atoms with van der Waals surface area (Å²) in [5.74, 6) is 1.09. The van der Waals surface area contributed by atoms with Gasteiger partial charge in [0.2, 0.25) is 0 Å². The normalized spacial score (nSPS) is 11.2. The van der Waals surface area contributed by atoms with Gasteiger partial charge in [-0.15, -0.1) is 0 Å². The number of carbonyl (C=O) groups excluding carboxylic acids is 1. The van der Waals surface area contributed by atoms with Crippen LogP contribution in [0.2, 0.25) is 0 Å². The quantitative estimate of drug-likeness (QED) is 0.257. The predicted octanol–water partition coefficient (Wildman–Crippen LogP) is 3.51. The largest absolute Gasteiger partial charge is 0.495 e. The number of nitrogens with zero attached hydrogens (tertiary/aromatic N) is 1. The van der Waals surface area contributed by atoms with Gasteiger partial charge >= 0.3 is 5.97 Å². The van der Waals surface area contributed by atoms with Gasteiger partial charge in [-0.1, -0.05) is 30.3 Å². The van der Waals surface area contributed by atoms with E-state index >= 15 is 0 Å². The number of thiocyanates is 1. The molecule has 0 aromatic heterocycles. The molecule has 2 rings (SSSR count). The molecule has 154 valence electrons. The summed E-state index contributed by atoms with van der Waals surface area (Å²) in [6, 6.07) is 12.1. The molecule has 0 aliphatic heterocycles. The Kier molecular flexibility index (Phi) is 9.15. The summed E-state index contributed by atoms with van der Waals surface area (Å²) in [7, 11) is 3.03. The number of benzene rings is 2. The van der Waals surface area contributed by atoms with Crippen LogP contribution in [-0.4, -0.2) is 32.8 Å². The fourth-order valence-electron chi connectivity index (χ4n) is 2.53. The number of carbonyl (C=O) groups is 1. The monoisotopic (exact) mass is 416 g/mol. The molecule has 0 aliphatic rings. The summed E-state index contributed by atoms with van der Waals surface area (Å²) < 4.78 is 21.6. The Morgan fingerprint density at radius 1 is 1.17 bits per heavy atom. The number of rotatable bonds is 11. The van der Waals surface area contributed by atoms with Crippen LogP contribution in [0, 0.1) is 10.7 Å². The molecule has 0 aliphatic carbocycles. The lowest BCUT2D eigenvalue weighted by atomic mass is 10.2. The predicted molar refractivity (Wildman–Crippen MR) is 110 cm³/mol. The number of ether oxygens (including phenoxy) is 4. The fourth-order valence-corrected chi connectivity index (χ4v) is 3.11. The lowest BCUT2D eigenvalue weighted by Gasteiger charge is -2.14. The van der Waals surface area contributed by atoms with Crippen LogP contribution < -0.4 is 19.9 Å². The standard InChI is InChI=1S/C21H24N2O5S/c1-25-18-11-16(12-19(26-2)20(18)29-14-22)27-10-6-9-17(23)21(24)28-13-15-7-4-3-5-8-15/h3-5,7-8,11-12,17H,6,9-10,13,23H2,1-2H3. The van der Waals surface area contributed by atoms with Crippen LogP contribution in [0.15, 0.2) is 47.4 Å². The summed E-state index contributed by atoms with van der Waals surface area (Å²) in [6.07, 6.45) is 1.01. The zero-order valence-corrected chi connectivity index (χ0v) is 17.2. The highest BCUT2D eigenvalue weighted by atomic mass is 32.2. The minimum atomic E-state index is -0.708. The summed E-state index contributed by atoms with van der Waals surface area (Å²) in [4.78, 5) is 12.6. The third-order valence-electron chi connectivity index (χ3n) is 4.04. The molecule has 2 aromatic rings. The van der Waals surface area contributed by atoms with E-state index in [0.29, 0.717) is 41.6 Å². The van der Waals surface area contributed by atoms with Crippen molar-refractivity contribution in [3.8, 4) is 22.6 Å². The molecule has 0 spiro atoms. The molecule has 0 fully saturated rings. The number of nitrogens with two attached hydrogens (primary N) is 1. The van der Waals surface area contributed by atoms with E-state index in [9.17, 15) is 4.79 Å². The molecular formula is C21H24N2O5S. The van der Waals surface area contributed by atoms with Crippen LogP contribution in [0.1, 0.15) is 18.4 Å². The molecule has 2 N–H and O–H groups in total. The molecule has 29 heavy (non-hydrogen) atoms. The van der Waals surface area contributed by atoms with E-state index < -0.39 is 12.0 Å². The number of nitriles is 1. The lowest BCUT2D eigenvalue weighted by molar-refractivity contribution is -0.146. The minimum absolute atomic E-state index is 0.205. The van der Waals surface area contributed by atoms with Crippen molar-refractivity contribution >= 4 is 17.7 Å². The van der Waals surface area contributed by atoms with E-state index in [1.807, 2.05) is 35.7 Å². The van der Waals surface area contributed by atoms with E-state index in [2.05, 4.69) is 0 Å². The Labute approximate surface area is 174 Å². The second-order valence-electron chi connectivity index (χ2n) is 6.04. The van der Waals surface area contributed by atoms with Crippen molar-refractivity contribution < 1.29 is 23.7 Å². The molecule has 2 aromatic carbocycles. The fraction of sp³-hybridized carbons (Fsp3) is 0.333. The van der Waals surface area contributed by atoms with E-state index in [1.54, 1.807) is 12.1 Å². The Morgan fingerprint density at radius 3 is 2.41 bits per heavy atom. The molecule has 7 nitrogen and oxygen atoms in total. The van der Waals surface area contributed by atoms with Gasteiger partial charge in [0.05, 0.1) is 20.8 Å². The van der Waals surface area contributed by atoms with Crippen LogP contribution >= 0.6 is 11.8 Å². The van der Waals surface area contributed by atoms with Crippen molar-refractivity contribution in [1.29, 1.82) is 5.26 Å². The van der Waals surface area contributed by atoms with E-state index in [0.717, 1.165) is 17.3 Å². The number of methoxy groups -OCH3 is 2. The first-order valence-electron chi connectivity index (χ1n) is 9.00. The minimum Gasteiger partial charge on any atom is -0.495 e. The SMILES string of the molecule is COc1cc(OCCCC(N)C(=O)OCc2ccccc2)cc(OC)c1SC#N. The van der Waals surface area contributed by atoms with Gasteiger partial charge in [0.25, 0.3) is 0 Å². The Morgan fingerprint density at radius 2 is 1.83 bits per heavy atom. The molecule has 1 atom stereocenters. The maximum atomic E-state index is 12.0. The Bertz CT molecular complexity index is 814. The van der Waals surface area contributed by atoms with Gasteiger partial charge < -0.3 is 24.7 Å². The zero-order valence-electron chi connectivity index (χ0n) is 16.4. The molecule has 8 heteroatoms. The summed E-state index contributed by atoms with van der Waals surface area (Å²) in [5.41, 5.74) is 6.82. The van der Waals surface area contributed by atoms with E-state index in [-0.39, 0.29) is 6.61 Å². The Hall–Kier alpha value is -2.89. The summed E-state index contributed by atoms with van der Waals surface area (Å²) in [5, 5.41) is 10.9. The maximum Gasteiger partial charge on any atom is 0.323 e. The topological polar surface area (TPSA) is 104 Å². The van der Waals surface area contributed by atoms with Gasteiger partial charge in [-0.3, -0.25) is 4.79 Å². The van der Waals surface area contributed by atoms with Crippen molar-refractivity contribution in [2.45, 2.75) is 30.4 Å². The molecule has 1 unspecified atom stereocenters. The van der Waals surface area contributed by atoms with Crippen LogP contribution in [0.5, 0.6) is 17.2 Å². The third kappa shape index (κ3) is 6.89. The molecular weight excluding hydrogens is 392 g/mol. The molecule has 0 heterocycles. The van der Waals surface area contributed by atoms with Crippen molar-refractivity contribution in [1.82, 2.24) is 0 Å². The maximum absolute atomic E-state index is 12.0. The Balaban J connectivity index is 1.80. The number of hydrogen-bond donors (Lipinski definition) is 1. The van der Waals surface area contributed by atoms with Gasteiger partial charge in [0, 0.05) is 12.1 Å². The van der Waals surface area contributed by atoms with Crippen LogP contribution in [0.25, 0.3) is 0 Å². The molecule has 0 radical (unpaired) electrons. The second-order valence-corrected chi connectivity index (χ2v) is 6.84. The first-order valence-corrected chi connectivity index (χ1v) is 9.81. The van der Waals surface area contributed by atoms with Crippen molar-refractivity contribution in [2.75, 3.05) is 20.8 Å². The highest BCUT2D eigenvalue weighted by Gasteiger charge is 2.16. The zero-order chi connectivity index (χ0) is 21.1. The van der Waals surface area contributed by atoms with Gasteiger partial charge in [-0.2, -0.15) is 5.26 Å². The van der Waals surface area contributed by atoms with Crippen LogP contribution in [-0.2, 0) is 16.1 Å². The van der Waals surface area contributed by atoms with Gasteiger partial charge in [-0.05, 0) is 30.2 Å². The van der Waals surface area contributed by atoms with Crippen LogP contribution in [0.3, 0.4) is 0 Å². The average molecular weight is 416 g/mol. The third-order valence-corrected chi connectivity index (χ3v) is 4.73. The molecule has 0 amide bonds. The number of hydrogen-bond acceptors (Lipinski definition) is 8. The van der Waals surface area contributed by atoms with Crippen molar-refractivity contribution in [3.63, 3.8) is 0 Å². The molecule has 0 saturated carbocycles. The smallest absolute Gasteiger partial charge is 0.323 e. The highest BCUT2D eigenvalue weighted by molar-refractivity contribution is 8.04. The van der Waals surface area contributed by atoms with Crippen LogP contribution in [0.4, 0.5) is 0 Å². The van der Waals surface area contributed by atoms with Gasteiger partial charge in [0.15, 0.2) is 0 Å². The first kappa shape index (κ1) is 22.4. The lowest BCUT2D eigenvalue weighted by Crippen LogP contribution is -2.32.